The molecule has 0 radical (unpaired) electrons. The van der Waals surface area contributed by atoms with Crippen LogP contribution in [-0.2, 0) is 20.0 Å². The van der Waals surface area contributed by atoms with E-state index in [1.165, 1.54) is 31.4 Å². The van der Waals surface area contributed by atoms with Gasteiger partial charge < -0.3 is 4.74 Å². The maximum atomic E-state index is 12.7. The van der Waals surface area contributed by atoms with Crippen LogP contribution in [0.25, 0.3) is 0 Å². The van der Waals surface area contributed by atoms with E-state index >= 15 is 0 Å². The Morgan fingerprint density at radius 1 is 0.781 bits per heavy atom. The predicted molar refractivity (Wildman–Crippen MR) is 126 cm³/mol. The summed E-state index contributed by atoms with van der Waals surface area (Å²) in [6.07, 6.45) is 0.964. The third-order valence-electron chi connectivity index (χ3n) is 5.14. The van der Waals surface area contributed by atoms with Gasteiger partial charge in [0.15, 0.2) is 0 Å². The second-order valence-corrected chi connectivity index (χ2v) is 10.7. The van der Waals surface area contributed by atoms with Crippen molar-refractivity contribution in [1.82, 2.24) is 0 Å². The second-order valence-electron chi connectivity index (χ2n) is 7.31. The molecule has 0 fully saturated rings. The molecule has 0 heterocycles. The van der Waals surface area contributed by atoms with Crippen LogP contribution in [0.3, 0.4) is 0 Å². The Labute approximate surface area is 189 Å². The molecule has 3 aromatic carbocycles. The lowest BCUT2D eigenvalue weighted by Crippen LogP contribution is -2.15. The second kappa shape index (κ2) is 9.62. The number of para-hydroxylation sites is 2. The molecule has 32 heavy (non-hydrogen) atoms. The van der Waals surface area contributed by atoms with E-state index in [4.69, 9.17) is 4.74 Å². The molecule has 0 amide bonds. The first-order chi connectivity index (χ1) is 15.2. The molecule has 0 saturated heterocycles. The summed E-state index contributed by atoms with van der Waals surface area (Å²) in [5.74, 6) is 0.735. The molecule has 2 N–H and O–H groups in total. The van der Waals surface area contributed by atoms with Gasteiger partial charge in [0, 0.05) is 5.69 Å². The Kier molecular flexibility index (Phi) is 7.10. The van der Waals surface area contributed by atoms with Gasteiger partial charge in [-0.2, -0.15) is 0 Å². The summed E-state index contributed by atoms with van der Waals surface area (Å²) < 4.78 is 60.9. The molecule has 0 aliphatic carbocycles. The molecule has 3 aromatic rings. The third kappa shape index (κ3) is 5.41. The van der Waals surface area contributed by atoms with Crippen LogP contribution in [0.15, 0.2) is 82.6 Å². The number of methoxy groups -OCH3 is 1. The fourth-order valence-corrected chi connectivity index (χ4v) is 5.19. The van der Waals surface area contributed by atoms with Gasteiger partial charge in [0.2, 0.25) is 0 Å². The van der Waals surface area contributed by atoms with E-state index in [1.54, 1.807) is 36.4 Å². The maximum absolute atomic E-state index is 12.7. The Morgan fingerprint density at radius 3 is 1.88 bits per heavy atom. The minimum Gasteiger partial charge on any atom is -0.495 e. The molecular formula is C23H26N2O5S2. The van der Waals surface area contributed by atoms with Gasteiger partial charge in [-0.3, -0.25) is 9.44 Å². The number of hydrogen-bond donors (Lipinski definition) is 2. The molecule has 0 saturated carbocycles. The van der Waals surface area contributed by atoms with Crippen molar-refractivity contribution in [2.45, 2.75) is 36.0 Å². The van der Waals surface area contributed by atoms with Crippen LogP contribution >= 0.6 is 0 Å². The highest BCUT2D eigenvalue weighted by molar-refractivity contribution is 7.93. The van der Waals surface area contributed by atoms with Crippen LogP contribution in [0.5, 0.6) is 5.75 Å². The zero-order chi connectivity index (χ0) is 23.4. The van der Waals surface area contributed by atoms with Crippen molar-refractivity contribution in [1.29, 1.82) is 0 Å². The molecule has 1 atom stereocenters. The summed E-state index contributed by atoms with van der Waals surface area (Å²) in [5, 5.41) is 0. The quantitative estimate of drug-likeness (QED) is 0.463. The van der Waals surface area contributed by atoms with Crippen molar-refractivity contribution < 1.29 is 21.6 Å². The first-order valence-electron chi connectivity index (χ1n) is 10.0. The van der Waals surface area contributed by atoms with Crippen LogP contribution in [-0.4, -0.2) is 23.9 Å². The van der Waals surface area contributed by atoms with Gasteiger partial charge in [0.05, 0.1) is 22.6 Å². The SMILES string of the molecule is CCC(C)c1ccc(S(=O)(=O)Nc2ccc(S(=O)(=O)Nc3ccccc3OC)cc2)cc1. The van der Waals surface area contributed by atoms with E-state index in [9.17, 15) is 16.8 Å². The minimum atomic E-state index is -3.88. The topological polar surface area (TPSA) is 102 Å². The minimum absolute atomic E-state index is 0.00994. The summed E-state index contributed by atoms with van der Waals surface area (Å²) in [6.45, 7) is 4.16. The van der Waals surface area contributed by atoms with Crippen LogP contribution < -0.4 is 14.2 Å². The van der Waals surface area contributed by atoms with E-state index in [-0.39, 0.29) is 15.5 Å². The Hall–Kier alpha value is -3.04. The summed E-state index contributed by atoms with van der Waals surface area (Å²) in [4.78, 5) is 0.128. The smallest absolute Gasteiger partial charge is 0.262 e. The third-order valence-corrected chi connectivity index (χ3v) is 7.92. The van der Waals surface area contributed by atoms with Crippen LogP contribution in [0.1, 0.15) is 31.7 Å². The van der Waals surface area contributed by atoms with Crippen LogP contribution in [0.2, 0.25) is 0 Å². The lowest BCUT2D eigenvalue weighted by molar-refractivity contribution is 0.417. The lowest BCUT2D eigenvalue weighted by atomic mass is 9.99. The molecule has 0 bridgehead atoms. The van der Waals surface area contributed by atoms with Crippen LogP contribution in [0, 0.1) is 0 Å². The average molecular weight is 475 g/mol. The maximum Gasteiger partial charge on any atom is 0.262 e. The molecule has 9 heteroatoms. The van der Waals surface area contributed by atoms with Gasteiger partial charge >= 0.3 is 0 Å². The number of hydrogen-bond acceptors (Lipinski definition) is 5. The molecule has 3 rings (SSSR count). The number of ether oxygens (including phenoxy) is 1. The lowest BCUT2D eigenvalue weighted by Gasteiger charge is -2.13. The van der Waals surface area contributed by atoms with Crippen molar-refractivity contribution in [3.05, 3.63) is 78.4 Å². The average Bonchev–Trinajstić information content (AvgIpc) is 2.79. The Morgan fingerprint density at radius 2 is 1.31 bits per heavy atom. The van der Waals surface area contributed by atoms with E-state index in [0.717, 1.165) is 12.0 Å². The summed E-state index contributed by atoms with van der Waals surface area (Å²) in [6, 6.07) is 18.9. The van der Waals surface area contributed by atoms with Crippen molar-refractivity contribution >= 4 is 31.4 Å². The zero-order valence-electron chi connectivity index (χ0n) is 18.1. The fraction of sp³-hybridized carbons (Fsp3) is 0.217. The Bertz CT molecular complexity index is 1270. The number of sulfonamides is 2. The van der Waals surface area contributed by atoms with Gasteiger partial charge in [-0.05, 0) is 66.4 Å². The van der Waals surface area contributed by atoms with Gasteiger partial charge in [-0.15, -0.1) is 0 Å². The highest BCUT2D eigenvalue weighted by atomic mass is 32.2. The van der Waals surface area contributed by atoms with E-state index < -0.39 is 20.0 Å². The summed E-state index contributed by atoms with van der Waals surface area (Å²) in [5.41, 5.74) is 1.64. The van der Waals surface area contributed by atoms with Crippen molar-refractivity contribution in [3.8, 4) is 5.75 Å². The normalized spacial score (nSPS) is 12.7. The number of benzene rings is 3. The van der Waals surface area contributed by atoms with E-state index in [2.05, 4.69) is 23.3 Å². The number of anilines is 2. The Balaban J connectivity index is 1.76. The molecule has 0 aliphatic rings. The van der Waals surface area contributed by atoms with Crippen molar-refractivity contribution in [2.24, 2.45) is 0 Å². The van der Waals surface area contributed by atoms with E-state index in [1.807, 2.05) is 12.1 Å². The highest BCUT2D eigenvalue weighted by Crippen LogP contribution is 2.27. The first-order valence-corrected chi connectivity index (χ1v) is 13.0. The predicted octanol–water partition coefficient (Wildman–Crippen LogP) is 4.81. The molecule has 7 nitrogen and oxygen atoms in total. The molecule has 0 aliphatic heterocycles. The van der Waals surface area contributed by atoms with Crippen molar-refractivity contribution in [3.63, 3.8) is 0 Å². The summed E-state index contributed by atoms with van der Waals surface area (Å²) >= 11 is 0. The monoisotopic (exact) mass is 474 g/mol. The van der Waals surface area contributed by atoms with Crippen LogP contribution in [0.4, 0.5) is 11.4 Å². The van der Waals surface area contributed by atoms with E-state index in [0.29, 0.717) is 17.4 Å². The molecule has 1 unspecified atom stereocenters. The molecule has 0 aromatic heterocycles. The number of rotatable bonds is 9. The van der Waals surface area contributed by atoms with Crippen molar-refractivity contribution in [2.75, 3.05) is 16.6 Å². The first kappa shape index (κ1) is 23.6. The standard InChI is InChI=1S/C23H26N2O5S2/c1-4-17(2)18-9-13-20(14-10-18)31(26,27)24-19-11-15-21(16-12-19)32(28,29)25-22-7-5-6-8-23(22)30-3/h5-17,24-25H,4H2,1-3H3. The van der Waals surface area contributed by atoms with Gasteiger partial charge in [-0.1, -0.05) is 38.1 Å². The largest absolute Gasteiger partial charge is 0.495 e. The van der Waals surface area contributed by atoms with Gasteiger partial charge in [0.25, 0.3) is 20.0 Å². The number of nitrogens with one attached hydrogen (secondary N) is 2. The zero-order valence-corrected chi connectivity index (χ0v) is 19.7. The highest BCUT2D eigenvalue weighted by Gasteiger charge is 2.18. The molecular weight excluding hydrogens is 448 g/mol. The van der Waals surface area contributed by atoms with Gasteiger partial charge in [-0.25, -0.2) is 16.8 Å². The molecule has 0 spiro atoms. The molecule has 170 valence electrons. The van der Waals surface area contributed by atoms with Gasteiger partial charge in [0.1, 0.15) is 5.75 Å². The summed E-state index contributed by atoms with van der Waals surface area (Å²) in [7, 11) is -6.23. The fourth-order valence-electron chi connectivity index (χ4n) is 3.06.